The van der Waals surface area contributed by atoms with E-state index in [0.717, 1.165) is 5.52 Å². The molecule has 2 rings (SSSR count). The highest BCUT2D eigenvalue weighted by Gasteiger charge is 2.07. The molecule has 1 aromatic carbocycles. The number of rotatable bonds is 3. The fourth-order valence-corrected chi connectivity index (χ4v) is 1.95. The minimum Gasteiger partial charge on any atom is -0.469 e. The molecular weight excluding hydrogens is 243 g/mol. The number of methoxy groups -OCH3 is 1. The minimum atomic E-state index is -0.335. The first-order chi connectivity index (χ1) is 8.11. The Balaban J connectivity index is 2.38. The summed E-state index contributed by atoms with van der Waals surface area (Å²) in [5.74, 6) is -0.657. The molecule has 1 N–H and O–H groups in total. The number of aromatic nitrogens is 2. The topological polar surface area (TPSA) is 47.0 Å². The van der Waals surface area contributed by atoms with Crippen molar-refractivity contribution in [3.05, 3.63) is 28.8 Å². The Bertz CT molecular complexity index is 617. The molecule has 0 fully saturated rings. The van der Waals surface area contributed by atoms with Crippen molar-refractivity contribution in [1.29, 1.82) is 0 Å². The zero-order valence-corrected chi connectivity index (χ0v) is 10.0. The molecule has 17 heavy (non-hydrogen) atoms. The van der Waals surface area contributed by atoms with Crippen LogP contribution < -0.4 is 0 Å². The van der Waals surface area contributed by atoms with Crippen molar-refractivity contribution in [2.75, 3.05) is 7.11 Å². The number of nitrogens with zero attached hydrogens (tertiary/aromatic N) is 1. The first kappa shape index (κ1) is 11.8. The lowest BCUT2D eigenvalue weighted by atomic mass is 10.3. The SMILES string of the molecule is COC(=O)CCn1c(=S)[nH]c2ccc(F)cc21. The smallest absolute Gasteiger partial charge is 0.307 e. The molecule has 0 atom stereocenters. The summed E-state index contributed by atoms with van der Waals surface area (Å²) in [6.45, 7) is 0.370. The average molecular weight is 254 g/mol. The normalized spacial score (nSPS) is 10.7. The Morgan fingerprint density at radius 3 is 3.06 bits per heavy atom. The number of benzene rings is 1. The van der Waals surface area contributed by atoms with Gasteiger partial charge in [0.2, 0.25) is 0 Å². The molecule has 0 saturated heterocycles. The van der Waals surface area contributed by atoms with Crippen LogP contribution >= 0.6 is 12.2 Å². The molecule has 1 aromatic heterocycles. The van der Waals surface area contributed by atoms with Crippen LogP contribution in [-0.2, 0) is 16.1 Å². The number of nitrogens with one attached hydrogen (secondary N) is 1. The van der Waals surface area contributed by atoms with E-state index in [-0.39, 0.29) is 18.2 Å². The van der Waals surface area contributed by atoms with Crippen LogP contribution in [0, 0.1) is 10.6 Å². The maximum Gasteiger partial charge on any atom is 0.307 e. The third-order valence-corrected chi connectivity index (χ3v) is 2.83. The number of hydrogen-bond acceptors (Lipinski definition) is 3. The van der Waals surface area contributed by atoms with Crippen molar-refractivity contribution >= 4 is 29.2 Å². The summed E-state index contributed by atoms with van der Waals surface area (Å²) in [6, 6.07) is 4.37. The minimum absolute atomic E-state index is 0.203. The van der Waals surface area contributed by atoms with Gasteiger partial charge in [-0.25, -0.2) is 4.39 Å². The van der Waals surface area contributed by atoms with Crippen LogP contribution in [-0.4, -0.2) is 22.6 Å². The van der Waals surface area contributed by atoms with Gasteiger partial charge >= 0.3 is 5.97 Å². The second-order valence-corrected chi connectivity index (χ2v) is 3.96. The molecule has 0 unspecified atom stereocenters. The van der Waals surface area contributed by atoms with E-state index < -0.39 is 0 Å². The number of ether oxygens (including phenoxy) is 1. The van der Waals surface area contributed by atoms with Crippen molar-refractivity contribution in [1.82, 2.24) is 9.55 Å². The van der Waals surface area contributed by atoms with E-state index in [1.165, 1.54) is 19.2 Å². The molecule has 0 aliphatic carbocycles. The van der Waals surface area contributed by atoms with Gasteiger partial charge in [-0.15, -0.1) is 0 Å². The van der Waals surface area contributed by atoms with E-state index in [9.17, 15) is 9.18 Å². The zero-order chi connectivity index (χ0) is 12.4. The Morgan fingerprint density at radius 1 is 1.59 bits per heavy atom. The van der Waals surface area contributed by atoms with Gasteiger partial charge in [0.15, 0.2) is 4.77 Å². The average Bonchev–Trinajstić information content (AvgIpc) is 2.61. The van der Waals surface area contributed by atoms with Gasteiger partial charge in [-0.2, -0.15) is 0 Å². The summed E-state index contributed by atoms with van der Waals surface area (Å²) in [7, 11) is 1.33. The highest BCUT2D eigenvalue weighted by molar-refractivity contribution is 7.71. The Hall–Kier alpha value is -1.69. The first-order valence-electron chi connectivity index (χ1n) is 5.06. The Kier molecular flexibility index (Phi) is 3.23. The molecule has 90 valence electrons. The van der Waals surface area contributed by atoms with E-state index in [2.05, 4.69) is 9.72 Å². The van der Waals surface area contributed by atoms with E-state index >= 15 is 0 Å². The third-order valence-electron chi connectivity index (χ3n) is 2.50. The van der Waals surface area contributed by atoms with Crippen LogP contribution in [0.25, 0.3) is 11.0 Å². The van der Waals surface area contributed by atoms with Crippen molar-refractivity contribution in [2.24, 2.45) is 0 Å². The van der Waals surface area contributed by atoms with Crippen LogP contribution in [0.5, 0.6) is 0 Å². The lowest BCUT2D eigenvalue weighted by Gasteiger charge is -2.03. The second-order valence-electron chi connectivity index (χ2n) is 3.57. The lowest BCUT2D eigenvalue weighted by Crippen LogP contribution is -2.07. The van der Waals surface area contributed by atoms with Crippen LogP contribution in [0.4, 0.5) is 4.39 Å². The third kappa shape index (κ3) is 2.36. The molecule has 0 radical (unpaired) electrons. The summed E-state index contributed by atoms with van der Waals surface area (Å²) < 4.78 is 19.8. The van der Waals surface area contributed by atoms with E-state index in [4.69, 9.17) is 12.2 Å². The van der Waals surface area contributed by atoms with E-state index in [1.54, 1.807) is 10.6 Å². The standard InChI is InChI=1S/C11H11FN2O2S/c1-16-10(15)4-5-14-9-6-7(12)2-3-8(9)13-11(14)17/h2-3,6H,4-5H2,1H3,(H,13,17). The number of H-pyrrole nitrogens is 1. The van der Waals surface area contributed by atoms with Gasteiger partial charge in [-0.3, -0.25) is 4.79 Å². The number of carbonyl (C=O) groups excluding carboxylic acids is 1. The maximum absolute atomic E-state index is 13.1. The van der Waals surface area contributed by atoms with Crippen LogP contribution in [0.15, 0.2) is 18.2 Å². The number of imidazole rings is 1. The van der Waals surface area contributed by atoms with E-state index in [1.807, 2.05) is 0 Å². The Morgan fingerprint density at radius 2 is 2.35 bits per heavy atom. The number of carbonyl (C=O) groups is 1. The van der Waals surface area contributed by atoms with Crippen molar-refractivity contribution in [2.45, 2.75) is 13.0 Å². The van der Waals surface area contributed by atoms with Crippen molar-refractivity contribution in [3.8, 4) is 0 Å². The maximum atomic E-state index is 13.1. The van der Waals surface area contributed by atoms with Gasteiger partial charge in [-0.1, -0.05) is 0 Å². The molecule has 0 saturated carbocycles. The summed E-state index contributed by atoms with van der Waals surface area (Å²) in [6.07, 6.45) is 0.203. The van der Waals surface area contributed by atoms with Gasteiger partial charge in [0.25, 0.3) is 0 Å². The zero-order valence-electron chi connectivity index (χ0n) is 9.20. The largest absolute Gasteiger partial charge is 0.469 e. The fraction of sp³-hybridized carbons (Fsp3) is 0.273. The van der Waals surface area contributed by atoms with Crippen molar-refractivity contribution in [3.63, 3.8) is 0 Å². The lowest BCUT2D eigenvalue weighted by molar-refractivity contribution is -0.140. The molecule has 6 heteroatoms. The molecule has 1 heterocycles. The van der Waals surface area contributed by atoms with Crippen LogP contribution in [0.3, 0.4) is 0 Å². The van der Waals surface area contributed by atoms with Crippen LogP contribution in [0.2, 0.25) is 0 Å². The van der Waals surface area contributed by atoms with Gasteiger partial charge in [-0.05, 0) is 30.4 Å². The molecule has 2 aromatic rings. The van der Waals surface area contributed by atoms with Gasteiger partial charge < -0.3 is 14.3 Å². The molecule has 0 aliphatic heterocycles. The number of esters is 1. The van der Waals surface area contributed by atoms with Gasteiger partial charge in [0, 0.05) is 6.54 Å². The summed E-state index contributed by atoms with van der Waals surface area (Å²) >= 11 is 5.12. The monoisotopic (exact) mass is 254 g/mol. The summed E-state index contributed by atoms with van der Waals surface area (Å²) in [5, 5.41) is 0. The van der Waals surface area contributed by atoms with Gasteiger partial charge in [0.1, 0.15) is 5.82 Å². The van der Waals surface area contributed by atoms with Crippen LogP contribution in [0.1, 0.15) is 6.42 Å². The number of hydrogen-bond donors (Lipinski definition) is 1. The molecular formula is C11H11FN2O2S. The quantitative estimate of drug-likeness (QED) is 0.676. The number of fused-ring (bicyclic) bond motifs is 1. The number of halogens is 1. The highest BCUT2D eigenvalue weighted by atomic mass is 32.1. The second kappa shape index (κ2) is 4.67. The molecule has 4 nitrogen and oxygen atoms in total. The number of aromatic amines is 1. The predicted molar refractivity (Wildman–Crippen MR) is 63.7 cm³/mol. The Labute approximate surface area is 102 Å². The summed E-state index contributed by atoms with van der Waals surface area (Å²) in [4.78, 5) is 14.0. The number of aryl methyl sites for hydroxylation is 1. The fourth-order valence-electron chi connectivity index (χ4n) is 1.65. The van der Waals surface area contributed by atoms with Gasteiger partial charge in [0.05, 0.1) is 24.6 Å². The van der Waals surface area contributed by atoms with E-state index in [0.29, 0.717) is 16.8 Å². The molecule has 0 amide bonds. The molecule has 0 bridgehead atoms. The van der Waals surface area contributed by atoms with Crippen molar-refractivity contribution < 1.29 is 13.9 Å². The molecule has 0 aliphatic rings. The predicted octanol–water partition coefficient (Wildman–Crippen LogP) is 2.40. The highest BCUT2D eigenvalue weighted by Crippen LogP contribution is 2.16. The summed E-state index contributed by atoms with van der Waals surface area (Å²) in [5.41, 5.74) is 1.40. The first-order valence-corrected chi connectivity index (χ1v) is 5.47. The molecule has 0 spiro atoms.